The zero-order chi connectivity index (χ0) is 21.5. The van der Waals surface area contributed by atoms with Gasteiger partial charge in [0.05, 0.1) is 11.7 Å². The topological polar surface area (TPSA) is 49.5 Å². The molecule has 0 atom stereocenters. The van der Waals surface area contributed by atoms with Crippen molar-refractivity contribution in [2.24, 2.45) is 0 Å². The van der Waals surface area contributed by atoms with E-state index in [1.54, 1.807) is 18.4 Å². The van der Waals surface area contributed by atoms with Crippen molar-refractivity contribution in [3.63, 3.8) is 0 Å². The number of aromatic nitrogens is 1. The van der Waals surface area contributed by atoms with Gasteiger partial charge in [0, 0.05) is 25.3 Å². The largest absolute Gasteiger partial charge is 0.444 e. The van der Waals surface area contributed by atoms with Gasteiger partial charge in [-0.2, -0.15) is 0 Å². The van der Waals surface area contributed by atoms with Gasteiger partial charge in [0.1, 0.15) is 12.1 Å². The number of nitrogens with zero attached hydrogens (tertiary/aromatic N) is 2. The van der Waals surface area contributed by atoms with Crippen LogP contribution in [0.3, 0.4) is 0 Å². The van der Waals surface area contributed by atoms with Crippen LogP contribution in [-0.4, -0.2) is 28.1 Å². The van der Waals surface area contributed by atoms with Crippen molar-refractivity contribution in [1.29, 1.82) is 0 Å². The average Bonchev–Trinajstić information content (AvgIpc) is 3.28. The Morgan fingerprint density at radius 2 is 1.48 bits per heavy atom. The fourth-order valence-electron chi connectivity index (χ4n) is 3.77. The maximum Gasteiger partial charge on any atom is 0.226 e. The first-order valence-electron chi connectivity index (χ1n) is 10.4. The molecule has 5 heteroatoms. The second kappa shape index (κ2) is 10.2. The molecule has 0 aliphatic heterocycles. The monoisotopic (exact) mass is 416 g/mol. The summed E-state index contributed by atoms with van der Waals surface area (Å²) in [4.78, 5) is 6.93. The van der Waals surface area contributed by atoms with E-state index in [-0.39, 0.29) is 18.5 Å². The number of benzene rings is 3. The fraction of sp³-hybridized carbons (Fsp3) is 0.192. The summed E-state index contributed by atoms with van der Waals surface area (Å²) in [5.41, 5.74) is 3.87. The van der Waals surface area contributed by atoms with E-state index in [1.807, 2.05) is 36.4 Å². The molecular formula is C26H25FN2O2. The van der Waals surface area contributed by atoms with Crippen LogP contribution in [0.1, 0.15) is 29.3 Å². The summed E-state index contributed by atoms with van der Waals surface area (Å²) in [6.45, 7) is 1.37. The van der Waals surface area contributed by atoms with Gasteiger partial charge in [0.2, 0.25) is 5.89 Å². The van der Waals surface area contributed by atoms with E-state index < -0.39 is 0 Å². The van der Waals surface area contributed by atoms with Crippen molar-refractivity contribution in [3.8, 4) is 11.5 Å². The Balaban J connectivity index is 1.65. The van der Waals surface area contributed by atoms with Crippen molar-refractivity contribution in [1.82, 2.24) is 9.88 Å². The predicted molar refractivity (Wildman–Crippen MR) is 119 cm³/mol. The van der Waals surface area contributed by atoms with Crippen molar-refractivity contribution in [2.45, 2.75) is 19.0 Å². The normalized spacial score (nSPS) is 11.4. The highest BCUT2D eigenvalue weighted by molar-refractivity contribution is 5.52. The van der Waals surface area contributed by atoms with Crippen molar-refractivity contribution in [3.05, 3.63) is 114 Å². The van der Waals surface area contributed by atoms with Crippen LogP contribution in [0.25, 0.3) is 11.5 Å². The van der Waals surface area contributed by atoms with Crippen molar-refractivity contribution in [2.75, 3.05) is 13.2 Å². The van der Waals surface area contributed by atoms with Gasteiger partial charge in [0.15, 0.2) is 0 Å². The lowest BCUT2D eigenvalue weighted by molar-refractivity contribution is 0.185. The third-order valence-electron chi connectivity index (χ3n) is 5.21. The van der Waals surface area contributed by atoms with Crippen LogP contribution in [0.5, 0.6) is 0 Å². The second-order valence-electron chi connectivity index (χ2n) is 7.42. The van der Waals surface area contributed by atoms with E-state index in [2.05, 4.69) is 34.1 Å². The summed E-state index contributed by atoms with van der Waals surface area (Å²) < 4.78 is 18.9. The Morgan fingerprint density at radius 3 is 2.06 bits per heavy atom. The first-order chi connectivity index (χ1) is 15.2. The Hall–Kier alpha value is -3.28. The number of hydrogen-bond donors (Lipinski definition) is 1. The second-order valence-corrected chi connectivity index (χ2v) is 7.42. The average molecular weight is 416 g/mol. The van der Waals surface area contributed by atoms with E-state index in [1.165, 1.54) is 23.3 Å². The van der Waals surface area contributed by atoms with E-state index >= 15 is 0 Å². The number of aliphatic hydroxyl groups is 1. The quantitative estimate of drug-likeness (QED) is 0.394. The molecule has 1 N–H and O–H groups in total. The lowest BCUT2D eigenvalue weighted by atomic mass is 9.96. The van der Waals surface area contributed by atoms with Gasteiger partial charge in [-0.25, -0.2) is 9.37 Å². The Kier molecular flexibility index (Phi) is 6.87. The first-order valence-corrected chi connectivity index (χ1v) is 10.4. The lowest BCUT2D eigenvalue weighted by Crippen LogP contribution is -2.31. The Morgan fingerprint density at radius 1 is 0.871 bits per heavy atom. The zero-order valence-corrected chi connectivity index (χ0v) is 17.2. The van der Waals surface area contributed by atoms with E-state index in [9.17, 15) is 9.50 Å². The minimum Gasteiger partial charge on any atom is -0.444 e. The summed E-state index contributed by atoms with van der Waals surface area (Å²) in [5.74, 6) is 0.173. The summed E-state index contributed by atoms with van der Waals surface area (Å²) in [7, 11) is 0. The van der Waals surface area contributed by atoms with Crippen LogP contribution in [-0.2, 0) is 6.54 Å². The van der Waals surface area contributed by atoms with E-state index in [0.29, 0.717) is 25.4 Å². The number of aliphatic hydroxyl groups excluding tert-OH is 1. The molecule has 158 valence electrons. The molecule has 31 heavy (non-hydrogen) atoms. The van der Waals surface area contributed by atoms with Gasteiger partial charge in [-0.1, -0.05) is 60.7 Å². The zero-order valence-electron chi connectivity index (χ0n) is 17.2. The molecule has 0 spiro atoms. The highest BCUT2D eigenvalue weighted by Crippen LogP contribution is 2.30. The van der Waals surface area contributed by atoms with E-state index in [4.69, 9.17) is 4.42 Å². The molecule has 0 aliphatic rings. The molecule has 4 rings (SSSR count). The molecule has 3 aromatic carbocycles. The van der Waals surface area contributed by atoms with Gasteiger partial charge in [-0.3, -0.25) is 4.90 Å². The fourth-order valence-corrected chi connectivity index (χ4v) is 3.77. The standard InChI is InChI=1S/C26H25FN2O2/c27-23-14-12-22(13-15-23)26-28-24(19-31-26)18-29(16-7-17-30)25(20-8-3-1-4-9-20)21-10-5-2-6-11-21/h1-6,8-15,19,25,30H,7,16-18H2. The highest BCUT2D eigenvalue weighted by Gasteiger charge is 2.23. The van der Waals surface area contributed by atoms with Gasteiger partial charge in [-0.15, -0.1) is 0 Å². The summed E-state index contributed by atoms with van der Waals surface area (Å²) in [5, 5.41) is 9.49. The number of hydrogen-bond acceptors (Lipinski definition) is 4. The molecule has 0 bridgehead atoms. The van der Waals surface area contributed by atoms with Crippen molar-refractivity contribution >= 4 is 0 Å². The highest BCUT2D eigenvalue weighted by atomic mass is 19.1. The molecule has 0 unspecified atom stereocenters. The van der Waals surface area contributed by atoms with Crippen LogP contribution < -0.4 is 0 Å². The first kappa shape index (κ1) is 21.0. The molecule has 1 aromatic heterocycles. The number of oxazole rings is 1. The molecule has 0 saturated heterocycles. The predicted octanol–water partition coefficient (Wildman–Crippen LogP) is 5.45. The summed E-state index contributed by atoms with van der Waals surface area (Å²) in [6, 6.07) is 26.8. The van der Waals surface area contributed by atoms with Crippen LogP contribution in [0, 0.1) is 5.82 Å². The maximum absolute atomic E-state index is 13.2. The van der Waals surface area contributed by atoms with Crippen molar-refractivity contribution < 1.29 is 13.9 Å². The number of halogens is 1. The van der Waals surface area contributed by atoms with Crippen LogP contribution >= 0.6 is 0 Å². The third kappa shape index (κ3) is 5.26. The maximum atomic E-state index is 13.2. The third-order valence-corrected chi connectivity index (χ3v) is 5.21. The minimum atomic E-state index is -0.292. The van der Waals surface area contributed by atoms with Gasteiger partial charge < -0.3 is 9.52 Å². The van der Waals surface area contributed by atoms with Gasteiger partial charge in [-0.05, 0) is 41.8 Å². The molecule has 4 nitrogen and oxygen atoms in total. The molecule has 0 radical (unpaired) electrons. The minimum absolute atomic E-state index is 0.0138. The van der Waals surface area contributed by atoms with Gasteiger partial charge in [0.25, 0.3) is 0 Å². The molecule has 4 aromatic rings. The SMILES string of the molecule is OCCCN(Cc1coc(-c2ccc(F)cc2)n1)C(c1ccccc1)c1ccccc1. The molecule has 1 heterocycles. The van der Waals surface area contributed by atoms with Gasteiger partial charge >= 0.3 is 0 Å². The Bertz CT molecular complexity index is 1030. The number of rotatable bonds is 9. The van der Waals surface area contributed by atoms with Crippen LogP contribution in [0.15, 0.2) is 95.6 Å². The summed E-state index contributed by atoms with van der Waals surface area (Å²) >= 11 is 0. The van der Waals surface area contributed by atoms with E-state index in [0.717, 1.165) is 11.3 Å². The van der Waals surface area contributed by atoms with Crippen LogP contribution in [0.4, 0.5) is 4.39 Å². The summed E-state index contributed by atoms with van der Waals surface area (Å²) in [6.07, 6.45) is 2.30. The molecule has 0 fully saturated rings. The molecular weight excluding hydrogens is 391 g/mol. The smallest absolute Gasteiger partial charge is 0.226 e. The Labute approximate surface area is 181 Å². The molecule has 0 amide bonds. The van der Waals surface area contributed by atoms with Crippen LogP contribution in [0.2, 0.25) is 0 Å². The molecule has 0 saturated carbocycles. The lowest BCUT2D eigenvalue weighted by Gasteiger charge is -2.32. The molecule has 0 aliphatic carbocycles.